The molecule has 0 atom stereocenters. The van der Waals surface area contributed by atoms with E-state index in [4.69, 9.17) is 5.73 Å². The summed E-state index contributed by atoms with van der Waals surface area (Å²) in [5.74, 6) is 0.0532. The summed E-state index contributed by atoms with van der Waals surface area (Å²) >= 11 is 0. The summed E-state index contributed by atoms with van der Waals surface area (Å²) in [5, 5.41) is 2.80. The minimum Gasteiger partial charge on any atom is -0.399 e. The molecule has 76 valence electrons. The molecule has 3 N–H and O–H groups in total. The van der Waals surface area contributed by atoms with E-state index in [9.17, 15) is 4.79 Å². The average molecular weight is 192 g/mol. The van der Waals surface area contributed by atoms with Gasteiger partial charge in [0, 0.05) is 17.8 Å². The van der Waals surface area contributed by atoms with Crippen LogP contribution >= 0.6 is 0 Å². The standard InChI is InChI=1S/C11H16N2O/c1-2-3-7-11(14)13-10-6-4-5-9(12)8-10/h4-6,8H,2-3,7,12H2,1H3,(H,13,14). The van der Waals surface area contributed by atoms with E-state index in [0.717, 1.165) is 18.5 Å². The van der Waals surface area contributed by atoms with Gasteiger partial charge in [0.1, 0.15) is 0 Å². The Labute approximate surface area is 84.3 Å². The maximum Gasteiger partial charge on any atom is 0.224 e. The van der Waals surface area contributed by atoms with Crippen LogP contribution in [0.5, 0.6) is 0 Å². The van der Waals surface area contributed by atoms with Gasteiger partial charge in [-0.2, -0.15) is 0 Å². The van der Waals surface area contributed by atoms with Crippen molar-refractivity contribution in [2.75, 3.05) is 11.1 Å². The molecule has 14 heavy (non-hydrogen) atoms. The van der Waals surface area contributed by atoms with Gasteiger partial charge in [-0.1, -0.05) is 19.4 Å². The summed E-state index contributed by atoms with van der Waals surface area (Å²) in [6.45, 7) is 2.06. The van der Waals surface area contributed by atoms with E-state index in [1.807, 2.05) is 12.1 Å². The number of nitrogens with one attached hydrogen (secondary N) is 1. The Bertz CT molecular complexity index is 310. The molecule has 0 aliphatic rings. The molecular formula is C11H16N2O. The Morgan fingerprint density at radius 1 is 1.50 bits per heavy atom. The number of nitrogen functional groups attached to an aromatic ring is 1. The molecule has 1 rings (SSSR count). The van der Waals surface area contributed by atoms with E-state index in [0.29, 0.717) is 12.1 Å². The first-order chi connectivity index (χ1) is 6.72. The van der Waals surface area contributed by atoms with Gasteiger partial charge < -0.3 is 11.1 Å². The van der Waals surface area contributed by atoms with Crippen molar-refractivity contribution in [3.63, 3.8) is 0 Å². The van der Waals surface area contributed by atoms with Gasteiger partial charge in [-0.15, -0.1) is 0 Å². The molecule has 0 radical (unpaired) electrons. The molecule has 1 aromatic rings. The topological polar surface area (TPSA) is 55.1 Å². The van der Waals surface area contributed by atoms with Gasteiger partial charge in [-0.25, -0.2) is 0 Å². The number of unbranched alkanes of at least 4 members (excludes halogenated alkanes) is 1. The molecule has 0 unspecified atom stereocenters. The SMILES string of the molecule is CCCCC(=O)Nc1cccc(N)c1. The second-order valence-corrected chi connectivity index (χ2v) is 3.28. The first-order valence-corrected chi connectivity index (χ1v) is 4.87. The normalized spacial score (nSPS) is 9.79. The number of rotatable bonds is 4. The molecule has 0 bridgehead atoms. The van der Waals surface area contributed by atoms with Crippen molar-refractivity contribution in [3.05, 3.63) is 24.3 Å². The van der Waals surface area contributed by atoms with Gasteiger partial charge >= 0.3 is 0 Å². The minimum absolute atomic E-state index is 0.0532. The van der Waals surface area contributed by atoms with Crippen molar-refractivity contribution in [1.29, 1.82) is 0 Å². The Morgan fingerprint density at radius 2 is 2.29 bits per heavy atom. The predicted molar refractivity (Wildman–Crippen MR) is 59.0 cm³/mol. The molecule has 0 saturated carbocycles. The zero-order valence-corrected chi connectivity index (χ0v) is 8.42. The zero-order valence-electron chi connectivity index (χ0n) is 8.42. The summed E-state index contributed by atoms with van der Waals surface area (Å²) in [6, 6.07) is 7.20. The summed E-state index contributed by atoms with van der Waals surface area (Å²) in [6.07, 6.45) is 2.53. The predicted octanol–water partition coefficient (Wildman–Crippen LogP) is 2.40. The van der Waals surface area contributed by atoms with Crippen molar-refractivity contribution in [1.82, 2.24) is 0 Å². The molecule has 3 heteroatoms. The van der Waals surface area contributed by atoms with Gasteiger partial charge in [-0.3, -0.25) is 4.79 Å². The van der Waals surface area contributed by atoms with Crippen molar-refractivity contribution < 1.29 is 4.79 Å². The minimum atomic E-state index is 0.0532. The smallest absolute Gasteiger partial charge is 0.224 e. The number of nitrogens with two attached hydrogens (primary N) is 1. The molecule has 0 fully saturated rings. The van der Waals surface area contributed by atoms with Crippen molar-refractivity contribution in [2.45, 2.75) is 26.2 Å². The highest BCUT2D eigenvalue weighted by atomic mass is 16.1. The van der Waals surface area contributed by atoms with E-state index in [1.54, 1.807) is 12.1 Å². The van der Waals surface area contributed by atoms with Crippen molar-refractivity contribution in [2.24, 2.45) is 0 Å². The third-order valence-corrected chi connectivity index (χ3v) is 1.93. The number of hydrogen-bond acceptors (Lipinski definition) is 2. The zero-order chi connectivity index (χ0) is 10.4. The lowest BCUT2D eigenvalue weighted by atomic mass is 10.2. The molecule has 0 aliphatic carbocycles. The van der Waals surface area contributed by atoms with Crippen LogP contribution in [-0.2, 0) is 4.79 Å². The van der Waals surface area contributed by atoms with Crippen LogP contribution in [0, 0.1) is 0 Å². The third kappa shape index (κ3) is 3.47. The summed E-state index contributed by atoms with van der Waals surface area (Å²) < 4.78 is 0. The molecule has 0 heterocycles. The highest BCUT2D eigenvalue weighted by Gasteiger charge is 2.00. The van der Waals surface area contributed by atoms with Crippen LogP contribution in [-0.4, -0.2) is 5.91 Å². The summed E-state index contributed by atoms with van der Waals surface area (Å²) in [5.41, 5.74) is 7.02. The highest BCUT2D eigenvalue weighted by molar-refractivity contribution is 5.91. The van der Waals surface area contributed by atoms with Crippen LogP contribution < -0.4 is 11.1 Å². The average Bonchev–Trinajstić information content (AvgIpc) is 2.15. The molecule has 0 spiro atoms. The van der Waals surface area contributed by atoms with E-state index in [2.05, 4.69) is 12.2 Å². The molecule has 1 aromatic carbocycles. The van der Waals surface area contributed by atoms with Gasteiger partial charge in [0.25, 0.3) is 0 Å². The van der Waals surface area contributed by atoms with Crippen LogP contribution in [0.2, 0.25) is 0 Å². The number of benzene rings is 1. The first-order valence-electron chi connectivity index (χ1n) is 4.87. The fraction of sp³-hybridized carbons (Fsp3) is 0.364. The molecule has 0 saturated heterocycles. The second-order valence-electron chi connectivity index (χ2n) is 3.28. The number of hydrogen-bond donors (Lipinski definition) is 2. The lowest BCUT2D eigenvalue weighted by Gasteiger charge is -2.04. The largest absolute Gasteiger partial charge is 0.399 e. The Kier molecular flexibility index (Phi) is 3.98. The van der Waals surface area contributed by atoms with Crippen LogP contribution in [0.3, 0.4) is 0 Å². The highest BCUT2D eigenvalue weighted by Crippen LogP contribution is 2.12. The number of carbonyl (C=O) groups excluding carboxylic acids is 1. The molecule has 0 aromatic heterocycles. The first kappa shape index (κ1) is 10.6. The van der Waals surface area contributed by atoms with Crippen LogP contribution in [0.4, 0.5) is 11.4 Å². The number of carbonyl (C=O) groups is 1. The summed E-state index contributed by atoms with van der Waals surface area (Å²) in [7, 11) is 0. The van der Waals surface area contributed by atoms with Gasteiger partial charge in [0.2, 0.25) is 5.91 Å². The lowest BCUT2D eigenvalue weighted by molar-refractivity contribution is -0.116. The van der Waals surface area contributed by atoms with Gasteiger partial charge in [0.15, 0.2) is 0 Å². The van der Waals surface area contributed by atoms with Crippen LogP contribution in [0.1, 0.15) is 26.2 Å². The third-order valence-electron chi connectivity index (χ3n) is 1.93. The van der Waals surface area contributed by atoms with Gasteiger partial charge in [-0.05, 0) is 24.6 Å². The Hall–Kier alpha value is -1.51. The van der Waals surface area contributed by atoms with Crippen molar-refractivity contribution >= 4 is 17.3 Å². The maximum absolute atomic E-state index is 11.3. The van der Waals surface area contributed by atoms with Gasteiger partial charge in [0.05, 0.1) is 0 Å². The Balaban J connectivity index is 2.47. The fourth-order valence-corrected chi connectivity index (χ4v) is 1.18. The van der Waals surface area contributed by atoms with E-state index in [-0.39, 0.29) is 5.91 Å². The van der Waals surface area contributed by atoms with E-state index in [1.165, 1.54) is 0 Å². The fourth-order valence-electron chi connectivity index (χ4n) is 1.18. The van der Waals surface area contributed by atoms with E-state index >= 15 is 0 Å². The quantitative estimate of drug-likeness (QED) is 0.720. The van der Waals surface area contributed by atoms with Crippen molar-refractivity contribution in [3.8, 4) is 0 Å². The molecule has 0 aliphatic heterocycles. The molecular weight excluding hydrogens is 176 g/mol. The Morgan fingerprint density at radius 3 is 2.93 bits per heavy atom. The monoisotopic (exact) mass is 192 g/mol. The number of anilines is 2. The molecule has 3 nitrogen and oxygen atoms in total. The molecule has 1 amide bonds. The lowest BCUT2D eigenvalue weighted by Crippen LogP contribution is -2.10. The summed E-state index contributed by atoms with van der Waals surface area (Å²) in [4.78, 5) is 11.3. The van der Waals surface area contributed by atoms with Crippen LogP contribution in [0.15, 0.2) is 24.3 Å². The second kappa shape index (κ2) is 5.27. The van der Waals surface area contributed by atoms with E-state index < -0.39 is 0 Å². The number of amides is 1. The maximum atomic E-state index is 11.3. The van der Waals surface area contributed by atoms with Crippen LogP contribution in [0.25, 0.3) is 0 Å².